The highest BCUT2D eigenvalue weighted by Crippen LogP contribution is 2.18. The second-order valence-electron chi connectivity index (χ2n) is 3.61. The fourth-order valence-electron chi connectivity index (χ4n) is 1.11. The Balaban J connectivity index is 2.49. The molecule has 0 radical (unpaired) electrons. The summed E-state index contributed by atoms with van der Waals surface area (Å²) in [5.41, 5.74) is 1.10. The highest BCUT2D eigenvalue weighted by atomic mass is 32.1. The van der Waals surface area contributed by atoms with Gasteiger partial charge in [-0.05, 0) is 19.8 Å². The molecule has 1 heterocycles. The van der Waals surface area contributed by atoms with Crippen molar-refractivity contribution in [1.29, 1.82) is 0 Å². The topological polar surface area (TPSA) is 24.9 Å². The van der Waals surface area contributed by atoms with Crippen molar-refractivity contribution in [2.24, 2.45) is 5.92 Å². The highest BCUT2D eigenvalue weighted by Gasteiger charge is 2.10. The van der Waals surface area contributed by atoms with Gasteiger partial charge >= 0.3 is 0 Å². The lowest BCUT2D eigenvalue weighted by molar-refractivity contribution is 0.494. The van der Waals surface area contributed by atoms with Crippen molar-refractivity contribution < 1.29 is 0 Å². The maximum absolute atomic E-state index is 4.37. The van der Waals surface area contributed by atoms with Gasteiger partial charge in [0.2, 0.25) is 0 Å². The Morgan fingerprint density at radius 3 is 2.69 bits per heavy atom. The molecule has 2 nitrogen and oxygen atoms in total. The molecule has 1 aromatic rings. The Kier molecular flexibility index (Phi) is 3.72. The van der Waals surface area contributed by atoms with Crippen molar-refractivity contribution >= 4 is 16.5 Å². The third-order valence-corrected chi connectivity index (χ3v) is 3.36. The predicted molar refractivity (Wildman–Crippen MR) is 59.4 cm³/mol. The van der Waals surface area contributed by atoms with Crippen LogP contribution in [0.2, 0.25) is 0 Å². The van der Waals surface area contributed by atoms with Crippen LogP contribution in [0.25, 0.3) is 0 Å². The van der Waals surface area contributed by atoms with Gasteiger partial charge in [-0.25, -0.2) is 4.98 Å². The second-order valence-corrected chi connectivity index (χ2v) is 4.47. The molecular weight excluding hydrogens is 180 g/mol. The predicted octanol–water partition coefficient (Wildman–Crippen LogP) is 3.30. The van der Waals surface area contributed by atoms with Gasteiger partial charge in [0, 0.05) is 11.4 Å². The van der Waals surface area contributed by atoms with Crippen molar-refractivity contribution in [3.05, 3.63) is 11.1 Å². The molecule has 74 valence electrons. The third-order valence-electron chi connectivity index (χ3n) is 2.47. The van der Waals surface area contributed by atoms with Crippen molar-refractivity contribution in [2.45, 2.75) is 40.2 Å². The summed E-state index contributed by atoms with van der Waals surface area (Å²) < 4.78 is 0. The van der Waals surface area contributed by atoms with E-state index in [0.29, 0.717) is 12.0 Å². The van der Waals surface area contributed by atoms with Crippen LogP contribution in [-0.2, 0) is 0 Å². The Bertz CT molecular complexity index is 257. The van der Waals surface area contributed by atoms with Crippen LogP contribution in [0, 0.1) is 12.8 Å². The minimum Gasteiger partial charge on any atom is -0.359 e. The molecule has 0 spiro atoms. The first-order chi connectivity index (χ1) is 6.13. The van der Waals surface area contributed by atoms with E-state index in [1.807, 2.05) is 6.92 Å². The first-order valence-electron chi connectivity index (χ1n) is 4.82. The van der Waals surface area contributed by atoms with Gasteiger partial charge in [0.15, 0.2) is 5.13 Å². The van der Waals surface area contributed by atoms with Gasteiger partial charge in [-0.2, -0.15) is 0 Å². The zero-order valence-electron chi connectivity index (χ0n) is 8.79. The molecule has 1 rings (SSSR count). The van der Waals surface area contributed by atoms with Gasteiger partial charge in [-0.15, -0.1) is 11.3 Å². The normalized spacial score (nSPS) is 15.4. The molecule has 0 aliphatic carbocycles. The summed E-state index contributed by atoms with van der Waals surface area (Å²) in [5.74, 6) is 0.698. The van der Waals surface area contributed by atoms with Crippen molar-refractivity contribution in [3.63, 3.8) is 0 Å². The number of aryl methyl sites for hydroxylation is 1. The zero-order chi connectivity index (χ0) is 9.84. The molecule has 0 aliphatic heterocycles. The van der Waals surface area contributed by atoms with Crippen molar-refractivity contribution in [3.8, 4) is 0 Å². The summed E-state index contributed by atoms with van der Waals surface area (Å²) in [5, 5.41) is 6.54. The molecule has 13 heavy (non-hydrogen) atoms. The summed E-state index contributed by atoms with van der Waals surface area (Å²) in [4.78, 5) is 4.37. The molecule has 1 N–H and O–H groups in total. The van der Waals surface area contributed by atoms with E-state index in [2.05, 4.69) is 36.5 Å². The Morgan fingerprint density at radius 2 is 2.23 bits per heavy atom. The first-order valence-corrected chi connectivity index (χ1v) is 5.70. The molecule has 0 aliphatic rings. The lowest BCUT2D eigenvalue weighted by atomic mass is 10.0. The molecule has 1 aromatic heterocycles. The van der Waals surface area contributed by atoms with Crippen LogP contribution in [0.4, 0.5) is 5.13 Å². The molecule has 0 saturated carbocycles. The fraction of sp³-hybridized carbons (Fsp3) is 0.700. The maximum Gasteiger partial charge on any atom is 0.183 e. The molecule has 0 amide bonds. The smallest absolute Gasteiger partial charge is 0.183 e. The monoisotopic (exact) mass is 198 g/mol. The van der Waals surface area contributed by atoms with Crippen LogP contribution in [0.5, 0.6) is 0 Å². The van der Waals surface area contributed by atoms with Gasteiger partial charge in [0.05, 0.1) is 5.69 Å². The number of rotatable bonds is 4. The number of thiazole rings is 1. The van der Waals surface area contributed by atoms with E-state index in [4.69, 9.17) is 0 Å². The van der Waals surface area contributed by atoms with Crippen LogP contribution in [0.3, 0.4) is 0 Å². The third kappa shape index (κ3) is 2.99. The summed E-state index contributed by atoms with van der Waals surface area (Å²) in [6.07, 6.45) is 1.21. The van der Waals surface area contributed by atoms with Gasteiger partial charge in [-0.1, -0.05) is 20.3 Å². The standard InChI is InChI=1S/C10H18N2S/c1-5-7(2)9(4)12-10-11-8(3)6-13-10/h6-7,9H,5H2,1-4H3,(H,11,12). The number of hydrogen-bond donors (Lipinski definition) is 1. The van der Waals surface area contributed by atoms with Gasteiger partial charge in [0.1, 0.15) is 0 Å². The number of anilines is 1. The fourth-order valence-corrected chi connectivity index (χ4v) is 1.90. The van der Waals surface area contributed by atoms with Crippen LogP contribution >= 0.6 is 11.3 Å². The Hall–Kier alpha value is -0.570. The lowest BCUT2D eigenvalue weighted by Crippen LogP contribution is -2.22. The van der Waals surface area contributed by atoms with Crippen LogP contribution in [0.1, 0.15) is 32.9 Å². The van der Waals surface area contributed by atoms with E-state index in [1.165, 1.54) is 6.42 Å². The van der Waals surface area contributed by atoms with E-state index in [-0.39, 0.29) is 0 Å². The van der Waals surface area contributed by atoms with Crippen LogP contribution in [0.15, 0.2) is 5.38 Å². The number of nitrogens with one attached hydrogen (secondary N) is 1. The molecule has 0 bridgehead atoms. The van der Waals surface area contributed by atoms with Crippen molar-refractivity contribution in [2.75, 3.05) is 5.32 Å². The highest BCUT2D eigenvalue weighted by molar-refractivity contribution is 7.13. The van der Waals surface area contributed by atoms with E-state index < -0.39 is 0 Å². The molecule has 0 fully saturated rings. The summed E-state index contributed by atoms with van der Waals surface area (Å²) in [6, 6.07) is 0.510. The number of nitrogens with zero attached hydrogens (tertiary/aromatic N) is 1. The molecule has 2 atom stereocenters. The first kappa shape index (κ1) is 10.5. The largest absolute Gasteiger partial charge is 0.359 e. The van der Waals surface area contributed by atoms with Crippen LogP contribution in [-0.4, -0.2) is 11.0 Å². The average Bonchev–Trinajstić information content (AvgIpc) is 2.49. The Morgan fingerprint density at radius 1 is 1.54 bits per heavy atom. The molecule has 2 unspecified atom stereocenters. The van der Waals surface area contributed by atoms with E-state index in [1.54, 1.807) is 11.3 Å². The minimum absolute atomic E-state index is 0.510. The molecule has 0 saturated heterocycles. The molecule has 3 heteroatoms. The number of hydrogen-bond acceptors (Lipinski definition) is 3. The second kappa shape index (κ2) is 4.61. The van der Waals surface area contributed by atoms with Crippen molar-refractivity contribution in [1.82, 2.24) is 4.98 Å². The van der Waals surface area contributed by atoms with Gasteiger partial charge < -0.3 is 5.32 Å². The molecular formula is C10H18N2S. The van der Waals surface area contributed by atoms with Gasteiger partial charge in [0.25, 0.3) is 0 Å². The molecule has 0 aromatic carbocycles. The quantitative estimate of drug-likeness (QED) is 0.803. The SMILES string of the molecule is CCC(C)C(C)Nc1nc(C)cs1. The Labute approximate surface area is 84.4 Å². The number of aromatic nitrogens is 1. The lowest BCUT2D eigenvalue weighted by Gasteiger charge is -2.18. The average molecular weight is 198 g/mol. The van der Waals surface area contributed by atoms with Gasteiger partial charge in [-0.3, -0.25) is 0 Å². The summed E-state index contributed by atoms with van der Waals surface area (Å²) in [7, 11) is 0. The van der Waals surface area contributed by atoms with E-state index >= 15 is 0 Å². The van der Waals surface area contributed by atoms with E-state index in [9.17, 15) is 0 Å². The van der Waals surface area contributed by atoms with Crippen LogP contribution < -0.4 is 5.32 Å². The van der Waals surface area contributed by atoms with E-state index in [0.717, 1.165) is 10.8 Å². The minimum atomic E-state index is 0.510. The summed E-state index contributed by atoms with van der Waals surface area (Å²) in [6.45, 7) is 8.72. The maximum atomic E-state index is 4.37. The zero-order valence-corrected chi connectivity index (χ0v) is 9.61. The summed E-state index contributed by atoms with van der Waals surface area (Å²) >= 11 is 1.68.